The van der Waals surface area contributed by atoms with E-state index in [2.05, 4.69) is 16.2 Å². The fourth-order valence-electron chi connectivity index (χ4n) is 3.99. The van der Waals surface area contributed by atoms with Gasteiger partial charge in [-0.1, -0.05) is 11.6 Å². The lowest BCUT2D eigenvalue weighted by molar-refractivity contribution is 0.213. The van der Waals surface area contributed by atoms with Gasteiger partial charge in [0.05, 0.1) is 12.8 Å². The maximum absolute atomic E-state index is 9.79. The van der Waals surface area contributed by atoms with Gasteiger partial charge in [-0.25, -0.2) is 0 Å². The Bertz CT molecular complexity index is 746. The highest BCUT2D eigenvalue weighted by Gasteiger charge is 2.34. The van der Waals surface area contributed by atoms with Gasteiger partial charge in [-0.2, -0.15) is 5.10 Å². The maximum Gasteiger partial charge on any atom is 0.127 e. The van der Waals surface area contributed by atoms with E-state index in [1.165, 1.54) is 11.1 Å². The molecule has 0 unspecified atom stereocenters. The third-order valence-electron chi connectivity index (χ3n) is 5.12. The van der Waals surface area contributed by atoms with E-state index in [0.717, 1.165) is 49.0 Å². The van der Waals surface area contributed by atoms with Crippen molar-refractivity contribution in [2.45, 2.75) is 18.9 Å². The molecule has 2 atom stereocenters. The van der Waals surface area contributed by atoms with Gasteiger partial charge in [-0.05, 0) is 23.3 Å². The van der Waals surface area contributed by atoms with Gasteiger partial charge in [-0.3, -0.25) is 9.58 Å². The average Bonchev–Trinajstić information content (AvgIpc) is 3.25. The molecule has 128 valence electrons. The second-order valence-electron chi connectivity index (χ2n) is 6.84. The predicted molar refractivity (Wildman–Crippen MR) is 92.5 cm³/mol. The normalized spacial score (nSPS) is 23.5. The minimum absolute atomic E-state index is 0.195. The Morgan fingerprint density at radius 3 is 3.00 bits per heavy atom. The van der Waals surface area contributed by atoms with Gasteiger partial charge in [0.1, 0.15) is 5.75 Å². The topological polar surface area (TPSA) is 50.5 Å². The number of likely N-dealkylation sites (tertiary alicyclic amines) is 1. The second kappa shape index (κ2) is 6.39. The zero-order valence-corrected chi connectivity index (χ0v) is 14.5. The molecule has 1 saturated heterocycles. The van der Waals surface area contributed by atoms with Crippen molar-refractivity contribution in [3.8, 4) is 5.75 Å². The van der Waals surface area contributed by atoms with Gasteiger partial charge < -0.3 is 9.84 Å². The van der Waals surface area contributed by atoms with Crippen LogP contribution in [-0.2, 0) is 20.0 Å². The molecule has 5 nitrogen and oxygen atoms in total. The molecule has 0 amide bonds. The average molecular weight is 348 g/mol. The van der Waals surface area contributed by atoms with Crippen molar-refractivity contribution in [3.05, 3.63) is 46.2 Å². The van der Waals surface area contributed by atoms with Crippen LogP contribution >= 0.6 is 11.6 Å². The zero-order valence-electron chi connectivity index (χ0n) is 13.8. The summed E-state index contributed by atoms with van der Waals surface area (Å²) in [5.74, 6) is 1.56. The van der Waals surface area contributed by atoms with Crippen LogP contribution in [-0.4, -0.2) is 46.1 Å². The Labute approximate surface area is 146 Å². The van der Waals surface area contributed by atoms with Gasteiger partial charge in [0.2, 0.25) is 0 Å². The van der Waals surface area contributed by atoms with Crippen molar-refractivity contribution in [2.24, 2.45) is 13.0 Å². The Hall–Kier alpha value is -1.56. The van der Waals surface area contributed by atoms with Crippen LogP contribution in [0.2, 0.25) is 5.02 Å². The van der Waals surface area contributed by atoms with Crippen LogP contribution < -0.4 is 4.74 Å². The molecule has 1 fully saturated rings. The van der Waals surface area contributed by atoms with E-state index in [1.807, 2.05) is 30.1 Å². The molecule has 4 rings (SSSR count). The summed E-state index contributed by atoms with van der Waals surface area (Å²) in [6.07, 6.45) is 4.90. The third kappa shape index (κ3) is 2.92. The molecule has 1 aromatic carbocycles. The number of aliphatic hydroxyl groups excluding tert-OH is 1. The highest BCUT2D eigenvalue weighted by Crippen LogP contribution is 2.37. The lowest BCUT2D eigenvalue weighted by Crippen LogP contribution is -2.21. The van der Waals surface area contributed by atoms with Crippen LogP contribution in [0, 0.1) is 5.92 Å². The van der Waals surface area contributed by atoms with Gasteiger partial charge >= 0.3 is 0 Å². The molecule has 0 aliphatic carbocycles. The quantitative estimate of drug-likeness (QED) is 0.921. The Balaban J connectivity index is 1.54. The summed E-state index contributed by atoms with van der Waals surface area (Å²) in [7, 11) is 1.93. The number of hydrogen-bond donors (Lipinski definition) is 1. The highest BCUT2D eigenvalue weighted by atomic mass is 35.5. The first-order chi connectivity index (χ1) is 11.6. The van der Waals surface area contributed by atoms with Gasteiger partial charge in [0, 0.05) is 68.3 Å². The van der Waals surface area contributed by atoms with Gasteiger partial charge in [0.25, 0.3) is 0 Å². The molecule has 3 heterocycles. The standard InChI is InChI=1S/C18H22ClN3O2/c1-21-7-14(6-20-21)17-10-22(9-15(17)11-23)8-13-5-16(19)4-12-2-3-24-18(12)13/h4-7,15,17,23H,2-3,8-11H2,1H3/t15-,17-/m0/s1. The zero-order chi connectivity index (χ0) is 16.7. The van der Waals surface area contributed by atoms with Gasteiger partial charge in [-0.15, -0.1) is 0 Å². The number of aliphatic hydroxyl groups is 1. The largest absolute Gasteiger partial charge is 0.493 e. The summed E-state index contributed by atoms with van der Waals surface area (Å²) >= 11 is 6.27. The van der Waals surface area contributed by atoms with E-state index in [9.17, 15) is 5.11 Å². The smallest absolute Gasteiger partial charge is 0.127 e. The molecular weight excluding hydrogens is 326 g/mol. The number of nitrogens with zero attached hydrogens (tertiary/aromatic N) is 3. The molecule has 0 bridgehead atoms. The fourth-order valence-corrected chi connectivity index (χ4v) is 4.25. The minimum atomic E-state index is 0.195. The van der Waals surface area contributed by atoms with E-state index < -0.39 is 0 Å². The maximum atomic E-state index is 9.79. The number of hydrogen-bond acceptors (Lipinski definition) is 4. The van der Waals surface area contributed by atoms with E-state index in [4.69, 9.17) is 16.3 Å². The number of halogens is 1. The summed E-state index contributed by atoms with van der Waals surface area (Å²) in [4.78, 5) is 2.38. The number of benzene rings is 1. The molecule has 2 aliphatic heterocycles. The van der Waals surface area contributed by atoms with Crippen LogP contribution in [0.15, 0.2) is 24.5 Å². The first-order valence-corrected chi connectivity index (χ1v) is 8.77. The van der Waals surface area contributed by atoms with Gasteiger partial charge in [0.15, 0.2) is 0 Å². The lowest BCUT2D eigenvalue weighted by atomic mass is 9.92. The Kier molecular flexibility index (Phi) is 4.24. The molecule has 1 aromatic heterocycles. The van der Waals surface area contributed by atoms with Crippen LogP contribution in [0.3, 0.4) is 0 Å². The van der Waals surface area contributed by atoms with Crippen molar-refractivity contribution >= 4 is 11.6 Å². The fraction of sp³-hybridized carbons (Fsp3) is 0.500. The Morgan fingerprint density at radius 2 is 2.25 bits per heavy atom. The monoisotopic (exact) mass is 347 g/mol. The molecule has 6 heteroatoms. The highest BCUT2D eigenvalue weighted by molar-refractivity contribution is 6.30. The summed E-state index contributed by atoms with van der Waals surface area (Å²) in [6.45, 7) is 3.52. The molecule has 0 spiro atoms. The Morgan fingerprint density at radius 1 is 1.38 bits per heavy atom. The SMILES string of the molecule is Cn1cc([C@@H]2CN(Cc3cc(Cl)cc4c3OCC4)C[C@H]2CO)cn1. The third-order valence-corrected chi connectivity index (χ3v) is 5.34. The summed E-state index contributed by atoms with van der Waals surface area (Å²) in [5, 5.41) is 14.8. The van der Waals surface area contributed by atoms with Crippen molar-refractivity contribution in [1.82, 2.24) is 14.7 Å². The van der Waals surface area contributed by atoms with Crippen molar-refractivity contribution < 1.29 is 9.84 Å². The van der Waals surface area contributed by atoms with Crippen LogP contribution in [0.1, 0.15) is 22.6 Å². The first kappa shape index (κ1) is 15.9. The van der Waals surface area contributed by atoms with Crippen LogP contribution in [0.5, 0.6) is 5.75 Å². The minimum Gasteiger partial charge on any atom is -0.493 e. The number of aryl methyl sites for hydroxylation is 1. The second-order valence-corrected chi connectivity index (χ2v) is 7.28. The van der Waals surface area contributed by atoms with E-state index in [1.54, 1.807) is 0 Å². The lowest BCUT2D eigenvalue weighted by Gasteiger charge is -2.18. The molecule has 0 radical (unpaired) electrons. The van der Waals surface area contributed by atoms with Crippen LogP contribution in [0.4, 0.5) is 0 Å². The summed E-state index contributed by atoms with van der Waals surface area (Å²) < 4.78 is 7.64. The van der Waals surface area contributed by atoms with Crippen LogP contribution in [0.25, 0.3) is 0 Å². The predicted octanol–water partition coefficient (Wildman–Crippen LogP) is 2.22. The van der Waals surface area contributed by atoms with E-state index in [-0.39, 0.29) is 12.5 Å². The van der Waals surface area contributed by atoms with Crippen molar-refractivity contribution in [3.63, 3.8) is 0 Å². The molecule has 2 aromatic rings. The molecule has 2 aliphatic rings. The number of rotatable bonds is 4. The summed E-state index contributed by atoms with van der Waals surface area (Å²) in [5.41, 5.74) is 3.56. The molecular formula is C18H22ClN3O2. The van der Waals surface area contributed by atoms with E-state index in [0.29, 0.717) is 5.92 Å². The first-order valence-electron chi connectivity index (χ1n) is 8.40. The number of ether oxygens (including phenoxy) is 1. The molecule has 24 heavy (non-hydrogen) atoms. The molecule has 0 saturated carbocycles. The van der Waals surface area contributed by atoms with Crippen molar-refractivity contribution in [1.29, 1.82) is 0 Å². The summed E-state index contributed by atoms with van der Waals surface area (Å²) in [6, 6.07) is 4.02. The number of aromatic nitrogens is 2. The number of fused-ring (bicyclic) bond motifs is 1. The van der Waals surface area contributed by atoms with Crippen molar-refractivity contribution in [2.75, 3.05) is 26.3 Å². The van der Waals surface area contributed by atoms with E-state index >= 15 is 0 Å². The molecule has 1 N–H and O–H groups in total.